The Labute approximate surface area is 179 Å². The summed E-state index contributed by atoms with van der Waals surface area (Å²) in [6.07, 6.45) is 0.926. The fourth-order valence-corrected chi connectivity index (χ4v) is 3.37. The quantitative estimate of drug-likeness (QED) is 0.355. The Morgan fingerprint density at radius 2 is 1.59 bits per heavy atom. The molecule has 0 saturated carbocycles. The lowest BCUT2D eigenvalue weighted by molar-refractivity contribution is 0.460. The van der Waals surface area contributed by atoms with Gasteiger partial charge in [0.15, 0.2) is 5.69 Å². The Kier molecular flexibility index (Phi) is 5.43. The maximum atomic E-state index is 6.09. The highest BCUT2D eigenvalue weighted by Gasteiger charge is 2.23. The van der Waals surface area contributed by atoms with E-state index in [9.17, 15) is 0 Å². The van der Waals surface area contributed by atoms with Crippen molar-refractivity contribution in [2.75, 3.05) is 0 Å². The summed E-state index contributed by atoms with van der Waals surface area (Å²) in [5, 5.41) is 14.6. The maximum absolute atomic E-state index is 6.09. The monoisotopic (exact) mass is 426 g/mol. The van der Waals surface area contributed by atoms with Crippen LogP contribution in [0.1, 0.15) is 37.6 Å². The number of benzene rings is 2. The van der Waals surface area contributed by atoms with Crippen LogP contribution < -0.4 is 0 Å². The maximum Gasteiger partial charge on any atom is 0.268 e. The van der Waals surface area contributed by atoms with Crippen molar-refractivity contribution in [1.29, 1.82) is 0 Å². The van der Waals surface area contributed by atoms with Gasteiger partial charge in [-0.1, -0.05) is 49.2 Å². The SMILES string of the molecule is CCC(C)c1nnc(-c2nn(-c3ccc(Cl)cc3)c(-c3ccc(Cl)cc3)c2C)o1. The van der Waals surface area contributed by atoms with E-state index in [4.69, 9.17) is 32.7 Å². The van der Waals surface area contributed by atoms with Gasteiger partial charge in [-0.3, -0.25) is 0 Å². The van der Waals surface area contributed by atoms with E-state index in [-0.39, 0.29) is 5.92 Å². The first-order valence-electron chi connectivity index (χ1n) is 9.43. The van der Waals surface area contributed by atoms with Crippen molar-refractivity contribution < 1.29 is 4.42 Å². The molecule has 7 heteroatoms. The molecule has 0 radical (unpaired) electrons. The predicted octanol–water partition coefficient (Wildman–Crippen LogP) is 6.72. The lowest BCUT2D eigenvalue weighted by Gasteiger charge is -2.09. The second-order valence-electron chi connectivity index (χ2n) is 6.97. The zero-order valence-corrected chi connectivity index (χ0v) is 17.9. The van der Waals surface area contributed by atoms with E-state index < -0.39 is 0 Å². The number of aromatic nitrogens is 4. The van der Waals surface area contributed by atoms with Crippen molar-refractivity contribution in [1.82, 2.24) is 20.0 Å². The van der Waals surface area contributed by atoms with Gasteiger partial charge >= 0.3 is 0 Å². The normalized spacial score (nSPS) is 12.3. The Hall–Kier alpha value is -2.63. The van der Waals surface area contributed by atoms with Gasteiger partial charge in [-0.15, -0.1) is 10.2 Å². The first-order valence-corrected chi connectivity index (χ1v) is 10.2. The molecule has 4 rings (SSSR count). The third-order valence-electron chi connectivity index (χ3n) is 4.99. The number of halogens is 2. The fourth-order valence-electron chi connectivity index (χ4n) is 3.12. The van der Waals surface area contributed by atoms with Crippen LogP contribution in [0.15, 0.2) is 52.9 Å². The Morgan fingerprint density at radius 1 is 0.966 bits per heavy atom. The molecule has 0 aliphatic carbocycles. The van der Waals surface area contributed by atoms with Gasteiger partial charge < -0.3 is 4.42 Å². The van der Waals surface area contributed by atoms with Crippen LogP contribution in [0.5, 0.6) is 0 Å². The highest BCUT2D eigenvalue weighted by Crippen LogP contribution is 2.34. The van der Waals surface area contributed by atoms with Crippen molar-refractivity contribution in [3.63, 3.8) is 0 Å². The molecule has 0 N–H and O–H groups in total. The molecule has 0 spiro atoms. The van der Waals surface area contributed by atoms with Crippen LogP contribution in [-0.4, -0.2) is 20.0 Å². The zero-order chi connectivity index (χ0) is 20.5. The van der Waals surface area contributed by atoms with Crippen LogP contribution >= 0.6 is 23.2 Å². The van der Waals surface area contributed by atoms with Crippen LogP contribution in [0.2, 0.25) is 10.0 Å². The Morgan fingerprint density at radius 3 is 2.21 bits per heavy atom. The van der Waals surface area contributed by atoms with Crippen LogP contribution in [0.4, 0.5) is 0 Å². The van der Waals surface area contributed by atoms with Gasteiger partial charge in [-0.25, -0.2) is 4.68 Å². The van der Waals surface area contributed by atoms with Gasteiger partial charge in [0.25, 0.3) is 5.89 Å². The number of hydrogen-bond donors (Lipinski definition) is 0. The molecule has 148 valence electrons. The van der Waals surface area contributed by atoms with E-state index in [1.54, 1.807) is 0 Å². The summed E-state index contributed by atoms with van der Waals surface area (Å²) in [5.41, 5.74) is 4.41. The summed E-state index contributed by atoms with van der Waals surface area (Å²) in [6, 6.07) is 15.2. The molecule has 0 bridgehead atoms. The molecular weight excluding hydrogens is 407 g/mol. The molecule has 0 saturated heterocycles. The van der Waals surface area contributed by atoms with Gasteiger partial charge in [0, 0.05) is 27.1 Å². The average molecular weight is 427 g/mol. The standard InChI is InChI=1S/C22H20Cl2N4O/c1-4-13(2)21-25-26-22(29-21)19-14(3)20(15-5-7-16(23)8-6-15)28(27-19)18-11-9-17(24)10-12-18/h5-13H,4H2,1-3H3. The van der Waals surface area contributed by atoms with Crippen LogP contribution in [0.25, 0.3) is 28.5 Å². The third kappa shape index (κ3) is 3.80. The summed E-state index contributed by atoms with van der Waals surface area (Å²) >= 11 is 12.2. The van der Waals surface area contributed by atoms with E-state index in [1.165, 1.54) is 0 Å². The van der Waals surface area contributed by atoms with E-state index in [0.29, 0.717) is 27.5 Å². The summed E-state index contributed by atoms with van der Waals surface area (Å²) in [6.45, 7) is 6.16. The number of hydrogen-bond acceptors (Lipinski definition) is 4. The summed E-state index contributed by atoms with van der Waals surface area (Å²) in [5.74, 6) is 1.24. The van der Waals surface area contributed by atoms with Gasteiger partial charge in [0.1, 0.15) is 0 Å². The van der Waals surface area contributed by atoms with Crippen molar-refractivity contribution in [3.8, 4) is 28.5 Å². The van der Waals surface area contributed by atoms with Gasteiger partial charge in [-0.05, 0) is 49.7 Å². The van der Waals surface area contributed by atoms with E-state index in [2.05, 4.69) is 24.0 Å². The van der Waals surface area contributed by atoms with Crippen molar-refractivity contribution in [2.45, 2.75) is 33.1 Å². The first-order chi connectivity index (χ1) is 14.0. The summed E-state index contributed by atoms with van der Waals surface area (Å²) in [7, 11) is 0. The summed E-state index contributed by atoms with van der Waals surface area (Å²) < 4.78 is 7.81. The molecule has 1 atom stereocenters. The van der Waals surface area contributed by atoms with Crippen molar-refractivity contribution >= 4 is 23.2 Å². The second-order valence-corrected chi connectivity index (χ2v) is 7.84. The highest BCUT2D eigenvalue weighted by molar-refractivity contribution is 6.30. The Balaban J connectivity index is 1.89. The van der Waals surface area contributed by atoms with Crippen LogP contribution in [0.3, 0.4) is 0 Å². The van der Waals surface area contributed by atoms with Crippen LogP contribution in [0, 0.1) is 6.92 Å². The Bertz CT molecular complexity index is 1130. The molecule has 0 aliphatic heterocycles. The predicted molar refractivity (Wildman–Crippen MR) is 116 cm³/mol. The average Bonchev–Trinajstić information content (AvgIpc) is 3.34. The van der Waals surface area contributed by atoms with E-state index in [1.807, 2.05) is 60.1 Å². The molecule has 1 unspecified atom stereocenters. The van der Waals surface area contributed by atoms with Crippen molar-refractivity contribution in [2.24, 2.45) is 0 Å². The molecule has 4 aromatic rings. The largest absolute Gasteiger partial charge is 0.419 e. The minimum atomic E-state index is 0.200. The molecule has 2 aromatic carbocycles. The van der Waals surface area contributed by atoms with Crippen LogP contribution in [-0.2, 0) is 0 Å². The smallest absolute Gasteiger partial charge is 0.268 e. The minimum Gasteiger partial charge on any atom is -0.419 e. The second kappa shape index (κ2) is 8.01. The molecule has 0 amide bonds. The topological polar surface area (TPSA) is 56.7 Å². The van der Waals surface area contributed by atoms with Gasteiger partial charge in [-0.2, -0.15) is 5.10 Å². The summed E-state index contributed by atoms with van der Waals surface area (Å²) in [4.78, 5) is 0. The molecule has 2 heterocycles. The lowest BCUT2D eigenvalue weighted by Crippen LogP contribution is -1.99. The molecule has 5 nitrogen and oxygen atoms in total. The number of nitrogens with zero attached hydrogens (tertiary/aromatic N) is 4. The van der Waals surface area contributed by atoms with Gasteiger partial charge in [0.05, 0.1) is 11.4 Å². The third-order valence-corrected chi connectivity index (χ3v) is 5.49. The van der Waals surface area contributed by atoms with Crippen molar-refractivity contribution in [3.05, 3.63) is 70.0 Å². The molecule has 0 fully saturated rings. The highest BCUT2D eigenvalue weighted by atomic mass is 35.5. The van der Waals surface area contributed by atoms with Gasteiger partial charge in [0.2, 0.25) is 5.89 Å². The first kappa shape index (κ1) is 19.7. The molecular formula is C22H20Cl2N4O. The minimum absolute atomic E-state index is 0.200. The fraction of sp³-hybridized carbons (Fsp3) is 0.227. The lowest BCUT2D eigenvalue weighted by atomic mass is 10.1. The molecule has 0 aliphatic rings. The van der Waals surface area contributed by atoms with E-state index in [0.717, 1.165) is 28.9 Å². The molecule has 29 heavy (non-hydrogen) atoms. The number of rotatable bonds is 5. The molecule has 2 aromatic heterocycles. The van der Waals surface area contributed by atoms with E-state index >= 15 is 0 Å². The zero-order valence-electron chi connectivity index (χ0n) is 16.4.